The summed E-state index contributed by atoms with van der Waals surface area (Å²) in [4.78, 5) is 16.6. The van der Waals surface area contributed by atoms with Crippen molar-refractivity contribution >= 4 is 11.7 Å². The van der Waals surface area contributed by atoms with E-state index in [9.17, 15) is 4.79 Å². The molecule has 0 aliphatic rings. The molecule has 0 spiro atoms. The second kappa shape index (κ2) is 4.96. The molecule has 0 bridgehead atoms. The van der Waals surface area contributed by atoms with Crippen molar-refractivity contribution in [3.63, 3.8) is 0 Å². The molecule has 1 aromatic rings. The molecule has 0 atom stereocenters. The smallest absolute Gasteiger partial charge is 0.268 e. The lowest BCUT2D eigenvalue weighted by Crippen LogP contribution is -2.21. The van der Waals surface area contributed by atoms with Gasteiger partial charge in [-0.3, -0.25) is 4.79 Å². The fraction of sp³-hybridized carbons (Fsp3) is 0.300. The zero-order valence-corrected chi connectivity index (χ0v) is 8.40. The molecule has 1 heterocycles. The molecular formula is C10H11N4O. The van der Waals surface area contributed by atoms with Crippen LogP contribution in [0.4, 0.5) is 5.82 Å². The van der Waals surface area contributed by atoms with Crippen LogP contribution in [0, 0.1) is 17.4 Å². The predicted molar refractivity (Wildman–Crippen MR) is 55.1 cm³/mol. The Labute approximate surface area is 88.1 Å². The summed E-state index contributed by atoms with van der Waals surface area (Å²) >= 11 is 0. The third-order valence-electron chi connectivity index (χ3n) is 1.86. The zero-order chi connectivity index (χ0) is 11.3. The van der Waals surface area contributed by atoms with Crippen molar-refractivity contribution in [2.45, 2.75) is 6.42 Å². The normalized spacial score (nSPS) is 9.33. The number of hydrogen-bond acceptors (Lipinski definition) is 4. The number of carbonyl (C=O) groups is 1. The Morgan fingerprint density at radius 2 is 2.53 bits per heavy atom. The lowest BCUT2D eigenvalue weighted by Gasteiger charge is -2.16. The molecule has 77 valence electrons. The van der Waals surface area contributed by atoms with Gasteiger partial charge in [0, 0.05) is 19.7 Å². The molecule has 0 fully saturated rings. The lowest BCUT2D eigenvalue weighted by molar-refractivity contribution is 0.0995. The summed E-state index contributed by atoms with van der Waals surface area (Å²) in [7, 11) is 1.80. The van der Waals surface area contributed by atoms with Gasteiger partial charge in [0.1, 0.15) is 11.5 Å². The number of amides is 1. The maximum Gasteiger partial charge on any atom is 0.268 e. The standard InChI is InChI=1S/C10H11N4O/c1-14(7-3-6-11)9-5-2-4-8(13-9)10(12)15/h2,5H,3,7H2,1H3,(H2,12,15). The molecule has 1 amide bonds. The van der Waals surface area contributed by atoms with Gasteiger partial charge in [-0.05, 0) is 12.1 Å². The Morgan fingerprint density at radius 3 is 3.13 bits per heavy atom. The Kier molecular flexibility index (Phi) is 3.63. The van der Waals surface area contributed by atoms with Crippen molar-refractivity contribution in [2.24, 2.45) is 5.73 Å². The number of pyridine rings is 1. The van der Waals surface area contributed by atoms with Crippen LogP contribution in [0.1, 0.15) is 16.9 Å². The van der Waals surface area contributed by atoms with Gasteiger partial charge in [0.2, 0.25) is 0 Å². The van der Waals surface area contributed by atoms with Crippen LogP contribution >= 0.6 is 0 Å². The van der Waals surface area contributed by atoms with Crippen LogP contribution in [0.2, 0.25) is 0 Å². The molecule has 0 saturated carbocycles. The monoisotopic (exact) mass is 203 g/mol. The Hall–Kier alpha value is -2.09. The first kappa shape index (κ1) is 11.0. The highest BCUT2D eigenvalue weighted by atomic mass is 16.1. The van der Waals surface area contributed by atoms with Crippen LogP contribution in [-0.2, 0) is 0 Å². The average molecular weight is 203 g/mol. The van der Waals surface area contributed by atoms with E-state index >= 15 is 0 Å². The summed E-state index contributed by atoms with van der Waals surface area (Å²) in [5.41, 5.74) is 5.19. The summed E-state index contributed by atoms with van der Waals surface area (Å²) in [5, 5.41) is 8.43. The summed E-state index contributed by atoms with van der Waals surface area (Å²) in [6, 6.07) is 7.98. The quantitative estimate of drug-likeness (QED) is 0.764. The number of hydrogen-bond donors (Lipinski definition) is 1. The highest BCUT2D eigenvalue weighted by Gasteiger charge is 2.06. The van der Waals surface area contributed by atoms with Gasteiger partial charge in [0.05, 0.1) is 12.5 Å². The van der Waals surface area contributed by atoms with Crippen LogP contribution < -0.4 is 10.6 Å². The Balaban J connectivity index is 2.81. The molecular weight excluding hydrogens is 192 g/mol. The van der Waals surface area contributed by atoms with Gasteiger partial charge in [-0.1, -0.05) is 0 Å². The molecule has 2 N–H and O–H groups in total. The highest BCUT2D eigenvalue weighted by Crippen LogP contribution is 2.09. The number of primary amides is 1. The van der Waals surface area contributed by atoms with Crippen LogP contribution in [0.5, 0.6) is 0 Å². The first-order chi connectivity index (χ1) is 7.15. The molecule has 0 aliphatic heterocycles. The van der Waals surface area contributed by atoms with Crippen molar-refractivity contribution in [1.82, 2.24) is 4.98 Å². The van der Waals surface area contributed by atoms with Crippen LogP contribution in [0.15, 0.2) is 12.1 Å². The Bertz CT molecular complexity index is 397. The minimum atomic E-state index is -0.606. The first-order valence-electron chi connectivity index (χ1n) is 4.41. The minimum Gasteiger partial charge on any atom is -0.364 e. The second-order valence-corrected chi connectivity index (χ2v) is 2.99. The maximum atomic E-state index is 10.8. The van der Waals surface area contributed by atoms with Gasteiger partial charge >= 0.3 is 0 Å². The highest BCUT2D eigenvalue weighted by molar-refractivity contribution is 5.90. The van der Waals surface area contributed by atoms with E-state index in [4.69, 9.17) is 11.0 Å². The minimum absolute atomic E-state index is 0.108. The largest absolute Gasteiger partial charge is 0.364 e. The number of nitrogens with zero attached hydrogens (tertiary/aromatic N) is 3. The van der Waals surface area contributed by atoms with Crippen LogP contribution in [-0.4, -0.2) is 24.5 Å². The average Bonchev–Trinajstić information content (AvgIpc) is 2.26. The van der Waals surface area contributed by atoms with Crippen molar-refractivity contribution in [1.29, 1.82) is 5.26 Å². The summed E-state index contributed by atoms with van der Waals surface area (Å²) in [6.45, 7) is 0.561. The summed E-state index contributed by atoms with van der Waals surface area (Å²) in [6.07, 6.45) is 0.405. The lowest BCUT2D eigenvalue weighted by atomic mass is 10.3. The molecule has 0 saturated heterocycles. The van der Waals surface area contributed by atoms with Gasteiger partial charge in [0.25, 0.3) is 5.91 Å². The molecule has 0 aromatic carbocycles. The first-order valence-corrected chi connectivity index (χ1v) is 4.41. The SMILES string of the molecule is CN(CCC#N)c1cc[c]c(C(N)=O)n1. The van der Waals surface area contributed by atoms with Gasteiger partial charge in [-0.25, -0.2) is 4.98 Å². The third kappa shape index (κ3) is 2.95. The van der Waals surface area contributed by atoms with Gasteiger partial charge in [-0.2, -0.15) is 5.26 Å². The van der Waals surface area contributed by atoms with E-state index in [0.29, 0.717) is 18.8 Å². The molecule has 1 radical (unpaired) electrons. The number of anilines is 1. The van der Waals surface area contributed by atoms with Crippen LogP contribution in [0.25, 0.3) is 0 Å². The number of nitrogens with two attached hydrogens (primary N) is 1. The number of aromatic nitrogens is 1. The van der Waals surface area contributed by atoms with Crippen molar-refractivity contribution < 1.29 is 4.79 Å². The van der Waals surface area contributed by atoms with Gasteiger partial charge in [0.15, 0.2) is 0 Å². The van der Waals surface area contributed by atoms with Gasteiger partial charge < -0.3 is 10.6 Å². The molecule has 0 unspecified atom stereocenters. The van der Waals surface area contributed by atoms with E-state index in [2.05, 4.69) is 11.1 Å². The number of rotatable bonds is 4. The van der Waals surface area contributed by atoms with E-state index in [1.807, 2.05) is 6.07 Å². The molecule has 0 aliphatic carbocycles. The third-order valence-corrected chi connectivity index (χ3v) is 1.86. The number of carbonyl (C=O) groups excluding carboxylic acids is 1. The second-order valence-electron chi connectivity index (χ2n) is 2.99. The fourth-order valence-corrected chi connectivity index (χ4v) is 1.05. The van der Waals surface area contributed by atoms with E-state index in [-0.39, 0.29) is 5.69 Å². The molecule has 5 nitrogen and oxygen atoms in total. The van der Waals surface area contributed by atoms with Crippen molar-refractivity contribution in [2.75, 3.05) is 18.5 Å². The summed E-state index contributed by atoms with van der Waals surface area (Å²) < 4.78 is 0. The Morgan fingerprint density at radius 1 is 1.80 bits per heavy atom. The fourth-order valence-electron chi connectivity index (χ4n) is 1.05. The van der Waals surface area contributed by atoms with E-state index in [1.165, 1.54) is 0 Å². The predicted octanol–water partition coefficient (Wildman–Crippen LogP) is 0.331. The maximum absolute atomic E-state index is 10.8. The van der Waals surface area contributed by atoms with Crippen molar-refractivity contribution in [3.8, 4) is 6.07 Å². The van der Waals surface area contributed by atoms with Crippen LogP contribution in [0.3, 0.4) is 0 Å². The molecule has 1 rings (SSSR count). The van der Waals surface area contributed by atoms with E-state index in [1.54, 1.807) is 24.1 Å². The zero-order valence-electron chi connectivity index (χ0n) is 8.40. The topological polar surface area (TPSA) is 83.0 Å². The van der Waals surface area contributed by atoms with E-state index in [0.717, 1.165) is 0 Å². The number of nitriles is 1. The molecule has 15 heavy (non-hydrogen) atoms. The van der Waals surface area contributed by atoms with Crippen molar-refractivity contribution in [3.05, 3.63) is 23.9 Å². The summed E-state index contributed by atoms with van der Waals surface area (Å²) in [5.74, 6) is 0.00309. The molecule has 1 aromatic heterocycles. The van der Waals surface area contributed by atoms with E-state index < -0.39 is 5.91 Å². The van der Waals surface area contributed by atoms with Gasteiger partial charge in [-0.15, -0.1) is 0 Å². The molecule has 5 heteroatoms.